The highest BCUT2D eigenvalue weighted by Crippen LogP contribution is 2.25. The molecule has 1 amide bonds. The highest BCUT2D eigenvalue weighted by molar-refractivity contribution is 5.93. The van der Waals surface area contributed by atoms with Crippen LogP contribution in [-0.4, -0.2) is 21.0 Å². The van der Waals surface area contributed by atoms with Gasteiger partial charge in [-0.05, 0) is 30.0 Å². The Bertz CT molecular complexity index is 880. The number of aromatic nitrogens is 3. The molecule has 3 aromatic rings. The lowest BCUT2D eigenvalue weighted by Gasteiger charge is -2.18. The van der Waals surface area contributed by atoms with Crippen molar-refractivity contribution in [3.8, 4) is 11.4 Å². The minimum Gasteiger partial charge on any atom is -0.340 e. The van der Waals surface area contributed by atoms with E-state index < -0.39 is 6.04 Å². The summed E-state index contributed by atoms with van der Waals surface area (Å²) in [7, 11) is 0. The summed E-state index contributed by atoms with van der Waals surface area (Å²) in [4.78, 5) is 20.5. The van der Waals surface area contributed by atoms with Gasteiger partial charge in [-0.25, -0.2) is 0 Å². The van der Waals surface area contributed by atoms with E-state index in [1.54, 1.807) is 25.3 Å². The first kappa shape index (κ1) is 17.8. The molecule has 0 aliphatic heterocycles. The summed E-state index contributed by atoms with van der Waals surface area (Å²) in [6, 6.07) is 11.1. The number of hydrogen-bond donors (Lipinski definition) is 1. The average molecular weight is 350 g/mol. The molecule has 0 radical (unpaired) electrons. The number of amides is 1. The van der Waals surface area contributed by atoms with Crippen molar-refractivity contribution in [2.75, 3.05) is 0 Å². The third kappa shape index (κ3) is 3.96. The van der Waals surface area contributed by atoms with Crippen LogP contribution in [0.4, 0.5) is 0 Å². The Hall–Kier alpha value is -3.02. The largest absolute Gasteiger partial charge is 0.340 e. The molecule has 134 valence electrons. The topological polar surface area (TPSA) is 80.9 Å². The van der Waals surface area contributed by atoms with Crippen LogP contribution in [0.5, 0.6) is 0 Å². The highest BCUT2D eigenvalue weighted by Gasteiger charge is 2.19. The van der Waals surface area contributed by atoms with Crippen molar-refractivity contribution in [1.82, 2.24) is 20.4 Å². The number of rotatable bonds is 4. The van der Waals surface area contributed by atoms with E-state index in [1.165, 1.54) is 11.8 Å². The first-order chi connectivity index (χ1) is 12.3. The second-order valence-corrected chi connectivity index (χ2v) is 7.22. The summed E-state index contributed by atoms with van der Waals surface area (Å²) >= 11 is 0. The molecule has 0 aliphatic rings. The zero-order valence-corrected chi connectivity index (χ0v) is 15.4. The van der Waals surface area contributed by atoms with E-state index in [0.29, 0.717) is 17.3 Å². The van der Waals surface area contributed by atoms with Gasteiger partial charge in [-0.1, -0.05) is 50.2 Å². The van der Waals surface area contributed by atoms with Crippen LogP contribution in [0.15, 0.2) is 53.3 Å². The van der Waals surface area contributed by atoms with Gasteiger partial charge in [-0.2, -0.15) is 4.98 Å². The summed E-state index contributed by atoms with van der Waals surface area (Å²) in [5, 5.41) is 6.86. The number of carbonyl (C=O) groups excluding carboxylic acids is 1. The Labute approximate surface area is 152 Å². The quantitative estimate of drug-likeness (QED) is 0.771. The number of benzene rings is 1. The van der Waals surface area contributed by atoms with Crippen molar-refractivity contribution < 1.29 is 9.32 Å². The van der Waals surface area contributed by atoms with Crippen molar-refractivity contribution >= 4 is 5.91 Å². The fourth-order valence-electron chi connectivity index (χ4n) is 2.49. The molecule has 1 atom stereocenters. The first-order valence-electron chi connectivity index (χ1n) is 8.50. The molecular weight excluding hydrogens is 328 g/mol. The maximum Gasteiger partial charge on any atom is 0.253 e. The van der Waals surface area contributed by atoms with Gasteiger partial charge < -0.3 is 9.84 Å². The Morgan fingerprint density at radius 3 is 2.50 bits per heavy atom. The molecule has 0 saturated carbocycles. The number of nitrogens with zero attached hydrogens (tertiary/aromatic N) is 3. The maximum atomic E-state index is 12.2. The second kappa shape index (κ2) is 7.07. The average Bonchev–Trinajstić information content (AvgIpc) is 3.12. The smallest absolute Gasteiger partial charge is 0.253 e. The van der Waals surface area contributed by atoms with Crippen molar-refractivity contribution in [2.24, 2.45) is 0 Å². The molecule has 0 fully saturated rings. The monoisotopic (exact) mass is 350 g/mol. The minimum absolute atomic E-state index is 0.0893. The molecule has 6 heteroatoms. The highest BCUT2D eigenvalue weighted by atomic mass is 16.5. The summed E-state index contributed by atoms with van der Waals surface area (Å²) in [5.41, 5.74) is 2.68. The van der Waals surface area contributed by atoms with Crippen LogP contribution >= 0.6 is 0 Å². The zero-order valence-electron chi connectivity index (χ0n) is 15.4. The molecule has 2 aromatic heterocycles. The summed E-state index contributed by atoms with van der Waals surface area (Å²) < 4.78 is 5.32. The fourth-order valence-corrected chi connectivity index (χ4v) is 2.49. The van der Waals surface area contributed by atoms with Gasteiger partial charge in [-0.3, -0.25) is 9.78 Å². The van der Waals surface area contributed by atoms with Gasteiger partial charge in [0.15, 0.2) is 0 Å². The van der Waals surface area contributed by atoms with Crippen LogP contribution in [0.25, 0.3) is 11.4 Å². The number of nitrogens with one attached hydrogen (secondary N) is 1. The van der Waals surface area contributed by atoms with E-state index in [2.05, 4.69) is 53.3 Å². The van der Waals surface area contributed by atoms with Gasteiger partial charge >= 0.3 is 0 Å². The maximum absolute atomic E-state index is 12.2. The van der Waals surface area contributed by atoms with E-state index in [0.717, 1.165) is 5.56 Å². The molecule has 3 rings (SSSR count). The number of pyridine rings is 1. The van der Waals surface area contributed by atoms with E-state index >= 15 is 0 Å². The molecule has 0 saturated heterocycles. The van der Waals surface area contributed by atoms with Crippen molar-refractivity contribution in [3.63, 3.8) is 0 Å². The van der Waals surface area contributed by atoms with Crippen LogP contribution in [0.1, 0.15) is 55.5 Å². The van der Waals surface area contributed by atoms with Crippen molar-refractivity contribution in [3.05, 3.63) is 65.8 Å². The van der Waals surface area contributed by atoms with Crippen LogP contribution in [0.2, 0.25) is 0 Å². The second-order valence-electron chi connectivity index (χ2n) is 7.22. The number of carbonyl (C=O) groups is 1. The molecule has 0 bridgehead atoms. The molecule has 1 N–H and O–H groups in total. The standard InChI is InChI=1S/C20H22N4O2/c1-13(22-18(25)15-6-5-11-21-12-15)19-23-17(24-26-19)14-7-9-16(10-8-14)20(2,3)4/h5-13H,1-4H3,(H,22,25)/t13-/m0/s1. The molecule has 1 aromatic carbocycles. The normalized spacial score (nSPS) is 12.6. The SMILES string of the molecule is C[C@H](NC(=O)c1cccnc1)c1nc(-c2ccc(C(C)(C)C)cc2)no1. The van der Waals surface area contributed by atoms with Crippen LogP contribution in [0, 0.1) is 0 Å². The molecule has 0 unspecified atom stereocenters. The Balaban J connectivity index is 1.72. The van der Waals surface area contributed by atoms with Gasteiger partial charge in [0.1, 0.15) is 6.04 Å². The Morgan fingerprint density at radius 2 is 1.88 bits per heavy atom. The van der Waals surface area contributed by atoms with E-state index in [9.17, 15) is 4.79 Å². The van der Waals surface area contributed by atoms with Crippen LogP contribution in [-0.2, 0) is 5.41 Å². The Morgan fingerprint density at radius 1 is 1.15 bits per heavy atom. The summed E-state index contributed by atoms with van der Waals surface area (Å²) in [6.07, 6.45) is 3.13. The first-order valence-corrected chi connectivity index (χ1v) is 8.50. The van der Waals surface area contributed by atoms with Crippen molar-refractivity contribution in [2.45, 2.75) is 39.2 Å². The molecule has 0 aliphatic carbocycles. The zero-order chi connectivity index (χ0) is 18.7. The van der Waals surface area contributed by atoms with E-state index in [-0.39, 0.29) is 11.3 Å². The molecule has 2 heterocycles. The molecule has 0 spiro atoms. The van der Waals surface area contributed by atoms with Gasteiger partial charge in [-0.15, -0.1) is 0 Å². The van der Waals surface area contributed by atoms with Crippen molar-refractivity contribution in [1.29, 1.82) is 0 Å². The van der Waals surface area contributed by atoms with Gasteiger partial charge in [0.2, 0.25) is 11.7 Å². The van der Waals surface area contributed by atoms with Gasteiger partial charge in [0.05, 0.1) is 5.56 Å². The minimum atomic E-state index is -0.405. The predicted octanol–water partition coefficient (Wildman–Crippen LogP) is 3.92. The summed E-state index contributed by atoms with van der Waals surface area (Å²) in [6.45, 7) is 8.30. The van der Waals surface area contributed by atoms with E-state index in [4.69, 9.17) is 4.52 Å². The number of hydrogen-bond acceptors (Lipinski definition) is 5. The third-order valence-corrected chi connectivity index (χ3v) is 4.09. The van der Waals surface area contributed by atoms with Crippen LogP contribution < -0.4 is 5.32 Å². The third-order valence-electron chi connectivity index (χ3n) is 4.09. The lowest BCUT2D eigenvalue weighted by molar-refractivity contribution is 0.0932. The molecule has 26 heavy (non-hydrogen) atoms. The molecule has 6 nitrogen and oxygen atoms in total. The lowest BCUT2D eigenvalue weighted by Crippen LogP contribution is -2.26. The molecular formula is C20H22N4O2. The fraction of sp³-hybridized carbons (Fsp3) is 0.300. The van der Waals surface area contributed by atoms with E-state index in [1.807, 2.05) is 12.1 Å². The summed E-state index contributed by atoms with van der Waals surface area (Å²) in [5.74, 6) is 0.625. The predicted molar refractivity (Wildman–Crippen MR) is 98.6 cm³/mol. The lowest BCUT2D eigenvalue weighted by atomic mass is 9.87. The van der Waals surface area contributed by atoms with Gasteiger partial charge in [0, 0.05) is 18.0 Å². The Kier molecular flexibility index (Phi) is 4.84. The van der Waals surface area contributed by atoms with Gasteiger partial charge in [0.25, 0.3) is 5.91 Å². The van der Waals surface area contributed by atoms with Crippen LogP contribution in [0.3, 0.4) is 0 Å².